The molecule has 1 unspecified atom stereocenters. The summed E-state index contributed by atoms with van der Waals surface area (Å²) in [6, 6.07) is 6.83. The number of benzene rings is 1. The van der Waals surface area contributed by atoms with E-state index in [2.05, 4.69) is 10.3 Å². The highest BCUT2D eigenvalue weighted by molar-refractivity contribution is 7.89. The van der Waals surface area contributed by atoms with E-state index in [-0.39, 0.29) is 5.41 Å². The first-order valence-corrected chi connectivity index (χ1v) is 9.73. The Balaban J connectivity index is 1.55. The second-order valence-electron chi connectivity index (χ2n) is 6.76. The molecule has 2 aliphatic rings. The maximum Gasteiger partial charge on any atom is 0.243 e. The van der Waals surface area contributed by atoms with Crippen molar-refractivity contribution in [2.75, 3.05) is 26.2 Å². The van der Waals surface area contributed by atoms with Crippen LogP contribution in [-0.2, 0) is 10.0 Å². The number of aromatic nitrogens is 1. The van der Waals surface area contributed by atoms with E-state index in [0.29, 0.717) is 23.7 Å². The molecular formula is C17H21N3O3S. The highest BCUT2D eigenvalue weighted by Gasteiger charge is 2.43. The molecule has 1 N–H and O–H groups in total. The molecule has 24 heavy (non-hydrogen) atoms. The summed E-state index contributed by atoms with van der Waals surface area (Å²) in [6.45, 7) is 3.18. The van der Waals surface area contributed by atoms with Crippen molar-refractivity contribution in [3.8, 4) is 11.3 Å². The molecule has 0 saturated carbocycles. The van der Waals surface area contributed by atoms with Crippen LogP contribution in [0.25, 0.3) is 11.3 Å². The fourth-order valence-corrected chi connectivity index (χ4v) is 5.33. The van der Waals surface area contributed by atoms with Crippen LogP contribution >= 0.6 is 0 Å². The van der Waals surface area contributed by atoms with Gasteiger partial charge in [0, 0.05) is 25.2 Å². The number of nitrogens with zero attached hydrogens (tertiary/aromatic N) is 2. The Morgan fingerprint density at radius 1 is 1.21 bits per heavy atom. The van der Waals surface area contributed by atoms with Crippen LogP contribution in [0.3, 0.4) is 0 Å². The highest BCUT2D eigenvalue weighted by Crippen LogP contribution is 2.38. The molecule has 4 rings (SSSR count). The van der Waals surface area contributed by atoms with Crippen molar-refractivity contribution < 1.29 is 12.8 Å². The average molecular weight is 347 g/mol. The average Bonchev–Trinajstić information content (AvgIpc) is 3.27. The number of nitrogens with one attached hydrogen (secondary N) is 1. The minimum absolute atomic E-state index is 0.116. The first-order valence-electron chi connectivity index (χ1n) is 8.29. The van der Waals surface area contributed by atoms with Gasteiger partial charge in [-0.2, -0.15) is 4.31 Å². The Kier molecular flexibility index (Phi) is 3.94. The number of sulfonamides is 1. The molecule has 2 fully saturated rings. The lowest BCUT2D eigenvalue weighted by molar-refractivity contribution is 0.224. The molecule has 1 aromatic carbocycles. The molecule has 1 aromatic heterocycles. The number of piperidine rings is 1. The van der Waals surface area contributed by atoms with Crippen molar-refractivity contribution in [3.05, 3.63) is 36.9 Å². The van der Waals surface area contributed by atoms with Crippen LogP contribution in [0.15, 0.2) is 46.2 Å². The van der Waals surface area contributed by atoms with Crippen molar-refractivity contribution >= 4 is 10.0 Å². The SMILES string of the molecule is O=S(=O)(c1ccc(-c2cnco2)cc1)N1CCC2(CCCNC2)C1. The second-order valence-corrected chi connectivity index (χ2v) is 8.70. The van der Waals surface area contributed by atoms with Gasteiger partial charge in [-0.25, -0.2) is 13.4 Å². The van der Waals surface area contributed by atoms with E-state index in [0.717, 1.165) is 37.9 Å². The molecule has 3 heterocycles. The van der Waals surface area contributed by atoms with E-state index in [1.165, 1.54) is 6.39 Å². The molecular weight excluding hydrogens is 326 g/mol. The monoisotopic (exact) mass is 347 g/mol. The lowest BCUT2D eigenvalue weighted by Crippen LogP contribution is -2.42. The van der Waals surface area contributed by atoms with Gasteiger partial charge in [0.2, 0.25) is 10.0 Å². The summed E-state index contributed by atoms with van der Waals surface area (Å²) in [5.41, 5.74) is 0.936. The summed E-state index contributed by atoms with van der Waals surface area (Å²) in [5.74, 6) is 0.632. The number of hydrogen-bond donors (Lipinski definition) is 1. The first-order chi connectivity index (χ1) is 11.6. The molecule has 1 atom stereocenters. The van der Waals surface area contributed by atoms with Gasteiger partial charge in [0.15, 0.2) is 12.2 Å². The molecule has 0 bridgehead atoms. The number of hydrogen-bond acceptors (Lipinski definition) is 5. The number of rotatable bonds is 3. The van der Waals surface area contributed by atoms with E-state index < -0.39 is 10.0 Å². The van der Waals surface area contributed by atoms with Crippen LogP contribution in [0.4, 0.5) is 0 Å². The number of oxazole rings is 1. The Bertz CT molecular complexity index is 794. The second kappa shape index (κ2) is 5.98. The van der Waals surface area contributed by atoms with E-state index in [9.17, 15) is 8.42 Å². The Hall–Kier alpha value is -1.70. The summed E-state index contributed by atoms with van der Waals surface area (Å²) in [4.78, 5) is 4.22. The zero-order valence-electron chi connectivity index (χ0n) is 13.4. The fraction of sp³-hybridized carbons (Fsp3) is 0.471. The lowest BCUT2D eigenvalue weighted by Gasteiger charge is -2.33. The maximum absolute atomic E-state index is 12.9. The predicted molar refractivity (Wildman–Crippen MR) is 89.9 cm³/mol. The lowest BCUT2D eigenvalue weighted by atomic mass is 9.80. The maximum atomic E-state index is 12.9. The molecule has 2 saturated heterocycles. The third kappa shape index (κ3) is 2.76. The summed E-state index contributed by atoms with van der Waals surface area (Å²) >= 11 is 0. The van der Waals surface area contributed by atoms with Crippen molar-refractivity contribution in [3.63, 3.8) is 0 Å². The van der Waals surface area contributed by atoms with Gasteiger partial charge >= 0.3 is 0 Å². The van der Waals surface area contributed by atoms with Crippen LogP contribution in [0.2, 0.25) is 0 Å². The molecule has 128 valence electrons. The molecule has 6 nitrogen and oxygen atoms in total. The summed E-state index contributed by atoms with van der Waals surface area (Å²) in [5, 5.41) is 3.41. The molecule has 2 aromatic rings. The molecule has 1 spiro atoms. The molecule has 0 amide bonds. The third-order valence-electron chi connectivity index (χ3n) is 5.17. The van der Waals surface area contributed by atoms with E-state index in [1.807, 2.05) is 0 Å². The van der Waals surface area contributed by atoms with E-state index in [4.69, 9.17) is 4.42 Å². The van der Waals surface area contributed by atoms with Gasteiger partial charge < -0.3 is 9.73 Å². The third-order valence-corrected chi connectivity index (χ3v) is 7.03. The Labute approximate surface area is 141 Å². The predicted octanol–water partition coefficient (Wildman–Crippen LogP) is 2.11. The molecule has 7 heteroatoms. The molecule has 2 aliphatic heterocycles. The van der Waals surface area contributed by atoms with Crippen LogP contribution < -0.4 is 5.32 Å². The van der Waals surface area contributed by atoms with Crippen molar-refractivity contribution in [2.45, 2.75) is 24.2 Å². The zero-order valence-corrected chi connectivity index (χ0v) is 14.3. The largest absolute Gasteiger partial charge is 0.444 e. The first kappa shape index (κ1) is 15.8. The van der Waals surface area contributed by atoms with Gasteiger partial charge in [-0.3, -0.25) is 0 Å². The Morgan fingerprint density at radius 2 is 2.04 bits per heavy atom. The van der Waals surface area contributed by atoms with Gasteiger partial charge in [-0.15, -0.1) is 0 Å². The van der Waals surface area contributed by atoms with Gasteiger partial charge in [-0.05, 0) is 55.5 Å². The van der Waals surface area contributed by atoms with E-state index >= 15 is 0 Å². The van der Waals surface area contributed by atoms with Crippen molar-refractivity contribution in [1.29, 1.82) is 0 Å². The standard InChI is InChI=1S/C17H21N3O3S/c21-24(22,20-9-7-17(12-20)6-1-8-18-11-17)15-4-2-14(3-5-15)16-10-19-13-23-16/h2-5,10,13,18H,1,6-9,11-12H2. The summed E-state index contributed by atoms with van der Waals surface area (Å²) < 4.78 is 32.7. The zero-order chi connectivity index (χ0) is 16.6. The van der Waals surface area contributed by atoms with Gasteiger partial charge in [0.05, 0.1) is 11.1 Å². The summed E-state index contributed by atoms with van der Waals surface area (Å²) in [6.07, 6.45) is 6.15. The van der Waals surface area contributed by atoms with Crippen molar-refractivity contribution in [1.82, 2.24) is 14.6 Å². The molecule has 0 aliphatic carbocycles. The van der Waals surface area contributed by atoms with Crippen LogP contribution in [0, 0.1) is 5.41 Å². The fourth-order valence-electron chi connectivity index (χ4n) is 3.78. The van der Waals surface area contributed by atoms with Crippen molar-refractivity contribution in [2.24, 2.45) is 5.41 Å². The topological polar surface area (TPSA) is 75.4 Å². The van der Waals surface area contributed by atoms with Crippen LogP contribution in [0.1, 0.15) is 19.3 Å². The normalized spacial score (nSPS) is 25.3. The highest BCUT2D eigenvalue weighted by atomic mass is 32.2. The van der Waals surface area contributed by atoms with Gasteiger partial charge in [0.1, 0.15) is 0 Å². The summed E-state index contributed by atoms with van der Waals surface area (Å²) in [7, 11) is -3.44. The van der Waals surface area contributed by atoms with E-state index in [1.54, 1.807) is 34.8 Å². The van der Waals surface area contributed by atoms with Crippen LogP contribution in [0.5, 0.6) is 0 Å². The van der Waals surface area contributed by atoms with Gasteiger partial charge in [0.25, 0.3) is 0 Å². The molecule has 0 radical (unpaired) electrons. The minimum Gasteiger partial charge on any atom is -0.444 e. The smallest absolute Gasteiger partial charge is 0.243 e. The minimum atomic E-state index is -3.44. The van der Waals surface area contributed by atoms with Crippen LogP contribution in [-0.4, -0.2) is 43.9 Å². The van der Waals surface area contributed by atoms with Gasteiger partial charge in [-0.1, -0.05) is 0 Å². The Morgan fingerprint density at radius 3 is 2.71 bits per heavy atom. The quantitative estimate of drug-likeness (QED) is 0.920.